The number of nitrogens with one attached hydrogen (secondary N) is 1. The van der Waals surface area contributed by atoms with Gasteiger partial charge in [-0.15, -0.1) is 11.3 Å². The number of methoxy groups -OCH3 is 2. The van der Waals surface area contributed by atoms with Crippen LogP contribution in [-0.4, -0.2) is 38.1 Å². The molecule has 0 bridgehead atoms. The topological polar surface area (TPSA) is 50.8 Å². The number of ether oxygens (including phenoxy) is 2. The molecule has 1 N–H and O–H groups in total. The number of thiophene rings is 1. The van der Waals surface area contributed by atoms with Crippen LogP contribution in [0.4, 0.5) is 0 Å². The smallest absolute Gasteiger partial charge is 0.237 e. The van der Waals surface area contributed by atoms with Gasteiger partial charge in [0.15, 0.2) is 11.5 Å². The van der Waals surface area contributed by atoms with Crippen LogP contribution in [0.3, 0.4) is 0 Å². The molecule has 1 amide bonds. The summed E-state index contributed by atoms with van der Waals surface area (Å²) in [6, 6.07) is 13.8. The maximum Gasteiger partial charge on any atom is 0.237 e. The van der Waals surface area contributed by atoms with Gasteiger partial charge in [0.2, 0.25) is 5.91 Å². The SMILES string of the molecule is COc1ccc(CNC(=O)C(C)N(C)Cc2csc3ccccc23)cc1OC. The summed E-state index contributed by atoms with van der Waals surface area (Å²) in [5.74, 6) is 1.33. The molecule has 2 aromatic carbocycles. The molecule has 3 rings (SSSR count). The summed E-state index contributed by atoms with van der Waals surface area (Å²) in [5.41, 5.74) is 2.22. The van der Waals surface area contributed by atoms with Crippen molar-refractivity contribution in [1.82, 2.24) is 10.2 Å². The van der Waals surface area contributed by atoms with Crippen LogP contribution < -0.4 is 14.8 Å². The Kier molecular flexibility index (Phi) is 6.54. The Morgan fingerprint density at radius 1 is 1.14 bits per heavy atom. The Morgan fingerprint density at radius 3 is 2.64 bits per heavy atom. The largest absolute Gasteiger partial charge is 0.493 e. The quantitative estimate of drug-likeness (QED) is 0.622. The van der Waals surface area contributed by atoms with Crippen LogP contribution in [0.5, 0.6) is 11.5 Å². The van der Waals surface area contributed by atoms with E-state index in [2.05, 4.69) is 39.9 Å². The number of amides is 1. The van der Waals surface area contributed by atoms with Gasteiger partial charge in [-0.2, -0.15) is 0 Å². The standard InChI is InChI=1S/C22H26N2O3S/c1-15(24(2)13-17-14-28-21-8-6-5-7-18(17)21)22(25)23-12-16-9-10-19(26-3)20(11-16)27-4/h5-11,14-15H,12-13H2,1-4H3,(H,23,25). The Bertz CT molecular complexity index is 954. The third-order valence-corrected chi connectivity index (χ3v) is 5.95. The lowest BCUT2D eigenvalue weighted by Crippen LogP contribution is -2.42. The second kappa shape index (κ2) is 9.08. The molecule has 0 saturated heterocycles. The van der Waals surface area contributed by atoms with E-state index in [1.807, 2.05) is 32.2 Å². The third kappa shape index (κ3) is 4.46. The van der Waals surface area contributed by atoms with E-state index >= 15 is 0 Å². The Hall–Kier alpha value is -2.57. The molecule has 0 aliphatic heterocycles. The van der Waals surface area contributed by atoms with Crippen molar-refractivity contribution in [3.63, 3.8) is 0 Å². The first-order valence-corrected chi connectivity index (χ1v) is 10.1. The Balaban J connectivity index is 1.59. The van der Waals surface area contributed by atoms with Gasteiger partial charge in [0, 0.05) is 17.8 Å². The van der Waals surface area contributed by atoms with E-state index in [0.717, 1.165) is 12.1 Å². The van der Waals surface area contributed by atoms with Crippen LogP contribution in [0, 0.1) is 0 Å². The number of hydrogen-bond acceptors (Lipinski definition) is 5. The molecule has 0 fully saturated rings. The van der Waals surface area contributed by atoms with Crippen molar-refractivity contribution in [2.45, 2.75) is 26.1 Å². The van der Waals surface area contributed by atoms with Crippen molar-refractivity contribution in [3.8, 4) is 11.5 Å². The van der Waals surface area contributed by atoms with Gasteiger partial charge >= 0.3 is 0 Å². The number of nitrogens with zero attached hydrogens (tertiary/aromatic N) is 1. The predicted octanol–water partition coefficient (Wildman–Crippen LogP) is 4.06. The van der Waals surface area contributed by atoms with Crippen LogP contribution in [0.1, 0.15) is 18.1 Å². The van der Waals surface area contributed by atoms with Gasteiger partial charge in [-0.05, 0) is 54.1 Å². The van der Waals surface area contributed by atoms with Gasteiger partial charge in [-0.3, -0.25) is 9.69 Å². The molecule has 1 atom stereocenters. The second-order valence-electron chi connectivity index (χ2n) is 6.76. The summed E-state index contributed by atoms with van der Waals surface area (Å²) < 4.78 is 11.8. The average Bonchev–Trinajstić information content (AvgIpc) is 3.13. The van der Waals surface area contributed by atoms with Crippen molar-refractivity contribution in [1.29, 1.82) is 0 Å². The molecular formula is C22H26N2O3S. The summed E-state index contributed by atoms with van der Waals surface area (Å²) in [6.45, 7) is 3.10. The lowest BCUT2D eigenvalue weighted by Gasteiger charge is -2.24. The molecule has 0 aliphatic rings. The molecular weight excluding hydrogens is 372 g/mol. The first-order chi connectivity index (χ1) is 13.5. The molecule has 3 aromatic rings. The van der Waals surface area contributed by atoms with Crippen molar-refractivity contribution >= 4 is 27.3 Å². The molecule has 1 heterocycles. The van der Waals surface area contributed by atoms with Gasteiger partial charge in [0.25, 0.3) is 0 Å². The Labute approximate surface area is 169 Å². The number of likely N-dealkylation sites (N-methyl/N-ethyl adjacent to an activating group) is 1. The number of carbonyl (C=O) groups is 1. The highest BCUT2D eigenvalue weighted by Crippen LogP contribution is 2.28. The molecule has 0 aliphatic carbocycles. The highest BCUT2D eigenvalue weighted by molar-refractivity contribution is 7.17. The van der Waals surface area contributed by atoms with Crippen molar-refractivity contribution in [2.75, 3.05) is 21.3 Å². The molecule has 1 aromatic heterocycles. The zero-order valence-electron chi connectivity index (χ0n) is 16.7. The van der Waals surface area contributed by atoms with E-state index in [-0.39, 0.29) is 11.9 Å². The summed E-state index contributed by atoms with van der Waals surface area (Å²) in [5, 5.41) is 6.45. The minimum absolute atomic E-state index is 0.00294. The molecule has 1 unspecified atom stereocenters. The first-order valence-electron chi connectivity index (χ1n) is 9.17. The van der Waals surface area contributed by atoms with Crippen molar-refractivity contribution in [2.24, 2.45) is 0 Å². The van der Waals surface area contributed by atoms with E-state index in [0.29, 0.717) is 18.0 Å². The van der Waals surface area contributed by atoms with Crippen molar-refractivity contribution < 1.29 is 14.3 Å². The summed E-state index contributed by atoms with van der Waals surface area (Å²) in [4.78, 5) is 14.7. The van der Waals surface area contributed by atoms with Gasteiger partial charge in [0.05, 0.1) is 20.3 Å². The normalized spacial score (nSPS) is 12.2. The summed E-state index contributed by atoms with van der Waals surface area (Å²) in [6.07, 6.45) is 0. The zero-order valence-corrected chi connectivity index (χ0v) is 17.5. The predicted molar refractivity (Wildman–Crippen MR) is 114 cm³/mol. The second-order valence-corrected chi connectivity index (χ2v) is 7.67. The fraction of sp³-hybridized carbons (Fsp3) is 0.318. The van der Waals surface area contributed by atoms with Crippen LogP contribution in [0.25, 0.3) is 10.1 Å². The lowest BCUT2D eigenvalue weighted by atomic mass is 10.1. The molecule has 5 nitrogen and oxygen atoms in total. The van der Waals surface area contributed by atoms with Crippen molar-refractivity contribution in [3.05, 3.63) is 59.0 Å². The maximum absolute atomic E-state index is 12.6. The number of rotatable bonds is 8. The minimum Gasteiger partial charge on any atom is -0.493 e. The monoisotopic (exact) mass is 398 g/mol. The highest BCUT2D eigenvalue weighted by Gasteiger charge is 2.19. The molecule has 28 heavy (non-hydrogen) atoms. The Morgan fingerprint density at radius 2 is 1.89 bits per heavy atom. The van der Waals surface area contributed by atoms with Crippen LogP contribution in [0.15, 0.2) is 47.8 Å². The average molecular weight is 399 g/mol. The summed E-state index contributed by atoms with van der Waals surface area (Å²) in [7, 11) is 5.19. The van der Waals surface area contributed by atoms with Gasteiger partial charge < -0.3 is 14.8 Å². The number of fused-ring (bicyclic) bond motifs is 1. The minimum atomic E-state index is -0.237. The first kappa shape index (κ1) is 20.2. The van der Waals surface area contributed by atoms with Crippen LogP contribution in [-0.2, 0) is 17.9 Å². The number of carbonyl (C=O) groups excluding carboxylic acids is 1. The fourth-order valence-electron chi connectivity index (χ4n) is 3.09. The van der Waals surface area contributed by atoms with E-state index < -0.39 is 0 Å². The molecule has 0 radical (unpaired) electrons. The fourth-order valence-corrected chi connectivity index (χ4v) is 4.04. The number of benzene rings is 2. The van der Waals surface area contributed by atoms with E-state index in [9.17, 15) is 4.79 Å². The molecule has 6 heteroatoms. The van der Waals surface area contributed by atoms with E-state index in [1.165, 1.54) is 15.6 Å². The van der Waals surface area contributed by atoms with Crippen LogP contribution >= 0.6 is 11.3 Å². The molecule has 148 valence electrons. The van der Waals surface area contributed by atoms with E-state index in [4.69, 9.17) is 9.47 Å². The highest BCUT2D eigenvalue weighted by atomic mass is 32.1. The maximum atomic E-state index is 12.6. The lowest BCUT2D eigenvalue weighted by molar-refractivity contribution is -0.125. The molecule has 0 saturated carbocycles. The zero-order chi connectivity index (χ0) is 20.1. The van der Waals surface area contributed by atoms with Crippen LogP contribution in [0.2, 0.25) is 0 Å². The third-order valence-electron chi connectivity index (χ3n) is 4.94. The van der Waals surface area contributed by atoms with Gasteiger partial charge in [0.1, 0.15) is 0 Å². The summed E-state index contributed by atoms with van der Waals surface area (Å²) >= 11 is 1.74. The van der Waals surface area contributed by atoms with E-state index in [1.54, 1.807) is 25.6 Å². The number of hydrogen-bond donors (Lipinski definition) is 1. The van der Waals surface area contributed by atoms with Gasteiger partial charge in [-0.25, -0.2) is 0 Å². The molecule has 0 spiro atoms. The van der Waals surface area contributed by atoms with Gasteiger partial charge in [-0.1, -0.05) is 24.3 Å².